The van der Waals surface area contributed by atoms with E-state index >= 15 is 0 Å². The first kappa shape index (κ1) is 26.5. The molecule has 2 heterocycles. The summed E-state index contributed by atoms with van der Waals surface area (Å²) < 4.78 is 11.2. The van der Waals surface area contributed by atoms with Gasteiger partial charge in [0.2, 0.25) is 5.89 Å². The number of nitro benzene ring substituents is 1. The summed E-state index contributed by atoms with van der Waals surface area (Å²) in [6.45, 7) is 0. The molecule has 0 fully saturated rings. The Labute approximate surface area is 244 Å². The smallest absolute Gasteiger partial charge is 0.311 e. The number of carbonyl (C=O) groups excluding carboxylic acids is 1. The van der Waals surface area contributed by atoms with Gasteiger partial charge in [0.1, 0.15) is 5.52 Å². The predicted molar refractivity (Wildman–Crippen MR) is 164 cm³/mol. The number of methoxy groups -OCH3 is 1. The largest absolute Gasteiger partial charge is 0.490 e. The summed E-state index contributed by atoms with van der Waals surface area (Å²) in [5.41, 5.74) is 4.97. The van der Waals surface area contributed by atoms with Gasteiger partial charge in [-0.1, -0.05) is 48.5 Å². The Balaban J connectivity index is 1.28. The van der Waals surface area contributed by atoms with Gasteiger partial charge in [-0.05, 0) is 54.2 Å². The zero-order chi connectivity index (χ0) is 29.2. The summed E-state index contributed by atoms with van der Waals surface area (Å²) >= 11 is 5.32. The van der Waals surface area contributed by atoms with Crippen molar-refractivity contribution in [3.8, 4) is 28.3 Å². The van der Waals surface area contributed by atoms with E-state index < -0.39 is 10.8 Å². The summed E-state index contributed by atoms with van der Waals surface area (Å²) in [6.07, 6.45) is 1.83. The Morgan fingerprint density at radius 2 is 1.76 bits per heavy atom. The van der Waals surface area contributed by atoms with Crippen LogP contribution < -0.4 is 15.4 Å². The second kappa shape index (κ2) is 11.1. The van der Waals surface area contributed by atoms with E-state index in [1.165, 1.54) is 19.2 Å². The average molecular weight is 576 g/mol. The zero-order valence-corrected chi connectivity index (χ0v) is 22.8. The fourth-order valence-electron chi connectivity index (χ4n) is 4.63. The standard InChI is InChI=1S/C31H21N5O5S/c1-40-27-13-11-19(15-25(27)36(38)39)29(37)35-31(42)33-20-12-14-26-24(16-20)34-30(41-26)28-21-9-5-6-10-23(21)32-17-22(28)18-7-3-2-4-8-18/h2-17H,1H3,(H2,33,35,37,42). The number of ether oxygens (including phenoxy) is 1. The van der Waals surface area contributed by atoms with Crippen molar-refractivity contribution in [2.24, 2.45) is 0 Å². The molecule has 4 aromatic carbocycles. The molecule has 0 spiro atoms. The molecule has 2 aromatic heterocycles. The lowest BCUT2D eigenvalue weighted by atomic mass is 9.98. The lowest BCUT2D eigenvalue weighted by Crippen LogP contribution is -2.34. The van der Waals surface area contributed by atoms with Gasteiger partial charge in [0, 0.05) is 34.5 Å². The molecule has 0 aliphatic rings. The van der Waals surface area contributed by atoms with Crippen LogP contribution >= 0.6 is 12.2 Å². The molecule has 0 aliphatic heterocycles. The number of nitro groups is 1. The molecule has 0 saturated carbocycles. The number of nitrogens with one attached hydrogen (secondary N) is 2. The summed E-state index contributed by atoms with van der Waals surface area (Å²) in [6, 6.07) is 26.9. The Morgan fingerprint density at radius 1 is 0.976 bits per heavy atom. The third-order valence-corrected chi connectivity index (χ3v) is 6.79. The van der Waals surface area contributed by atoms with E-state index in [0.29, 0.717) is 22.7 Å². The monoisotopic (exact) mass is 575 g/mol. The number of para-hydroxylation sites is 1. The van der Waals surface area contributed by atoms with Crippen molar-refractivity contribution < 1.29 is 18.9 Å². The molecule has 0 atom stereocenters. The number of rotatable bonds is 6. The van der Waals surface area contributed by atoms with Crippen LogP contribution in [0.15, 0.2) is 102 Å². The summed E-state index contributed by atoms with van der Waals surface area (Å²) in [5.74, 6) is -0.120. The number of nitrogens with zero attached hydrogens (tertiary/aromatic N) is 3. The number of benzene rings is 4. The number of amides is 1. The highest BCUT2D eigenvalue weighted by molar-refractivity contribution is 7.80. The fourth-order valence-corrected chi connectivity index (χ4v) is 4.84. The Hall–Kier alpha value is -5.68. The molecule has 2 N–H and O–H groups in total. The van der Waals surface area contributed by atoms with E-state index in [-0.39, 0.29) is 22.1 Å². The number of anilines is 1. The van der Waals surface area contributed by atoms with Gasteiger partial charge in [-0.3, -0.25) is 25.2 Å². The van der Waals surface area contributed by atoms with Crippen LogP contribution in [-0.4, -0.2) is 33.0 Å². The number of hydrogen-bond donors (Lipinski definition) is 2. The Kier molecular flexibility index (Phi) is 6.99. The van der Waals surface area contributed by atoms with E-state index in [1.807, 2.05) is 60.8 Å². The number of hydrogen-bond acceptors (Lipinski definition) is 8. The Morgan fingerprint density at radius 3 is 2.55 bits per heavy atom. The van der Waals surface area contributed by atoms with Gasteiger partial charge in [-0.2, -0.15) is 0 Å². The third-order valence-electron chi connectivity index (χ3n) is 6.58. The molecule has 1 amide bonds. The highest BCUT2D eigenvalue weighted by atomic mass is 32.1. The maximum absolute atomic E-state index is 12.7. The number of aromatic nitrogens is 2. The lowest BCUT2D eigenvalue weighted by Gasteiger charge is -2.10. The molecule has 0 aliphatic carbocycles. The highest BCUT2D eigenvalue weighted by Crippen LogP contribution is 2.38. The lowest BCUT2D eigenvalue weighted by molar-refractivity contribution is -0.385. The van der Waals surface area contributed by atoms with Crippen LogP contribution in [-0.2, 0) is 0 Å². The zero-order valence-electron chi connectivity index (χ0n) is 22.0. The van der Waals surface area contributed by atoms with E-state index in [4.69, 9.17) is 26.4 Å². The number of carbonyl (C=O) groups is 1. The van der Waals surface area contributed by atoms with Crippen LogP contribution in [0.2, 0.25) is 0 Å². The van der Waals surface area contributed by atoms with Crippen LogP contribution in [0, 0.1) is 10.1 Å². The summed E-state index contributed by atoms with van der Waals surface area (Å²) in [5, 5.41) is 17.7. The molecule has 6 rings (SSSR count). The number of oxazole rings is 1. The minimum atomic E-state index is -0.620. The molecular weight excluding hydrogens is 554 g/mol. The fraction of sp³-hybridized carbons (Fsp3) is 0.0323. The van der Waals surface area contributed by atoms with Crippen molar-refractivity contribution in [1.29, 1.82) is 0 Å². The molecular formula is C31H21N5O5S. The van der Waals surface area contributed by atoms with E-state index in [1.54, 1.807) is 18.2 Å². The highest BCUT2D eigenvalue weighted by Gasteiger charge is 2.20. The normalized spacial score (nSPS) is 10.9. The van der Waals surface area contributed by atoms with Crippen molar-refractivity contribution in [2.45, 2.75) is 0 Å². The summed E-state index contributed by atoms with van der Waals surface area (Å²) in [4.78, 5) is 32.8. The molecule has 42 heavy (non-hydrogen) atoms. The summed E-state index contributed by atoms with van der Waals surface area (Å²) in [7, 11) is 1.32. The van der Waals surface area contributed by atoms with Gasteiger partial charge in [0.05, 0.1) is 23.1 Å². The maximum Gasteiger partial charge on any atom is 0.311 e. The van der Waals surface area contributed by atoms with Crippen LogP contribution in [0.25, 0.3) is 44.6 Å². The second-order valence-electron chi connectivity index (χ2n) is 9.18. The van der Waals surface area contributed by atoms with E-state index in [0.717, 1.165) is 33.7 Å². The topological polar surface area (TPSA) is 132 Å². The van der Waals surface area contributed by atoms with E-state index in [2.05, 4.69) is 15.6 Å². The average Bonchev–Trinajstić information content (AvgIpc) is 3.43. The first-order chi connectivity index (χ1) is 20.4. The van der Waals surface area contributed by atoms with Gasteiger partial charge in [0.25, 0.3) is 5.91 Å². The molecule has 0 radical (unpaired) electrons. The first-order valence-electron chi connectivity index (χ1n) is 12.7. The second-order valence-corrected chi connectivity index (χ2v) is 9.59. The molecule has 10 nitrogen and oxygen atoms in total. The first-order valence-corrected chi connectivity index (χ1v) is 13.1. The minimum absolute atomic E-state index is 0.00744. The van der Waals surface area contributed by atoms with Crippen molar-refractivity contribution >= 4 is 56.6 Å². The predicted octanol–water partition coefficient (Wildman–Crippen LogP) is 6.75. The molecule has 206 valence electrons. The van der Waals surface area contributed by atoms with Gasteiger partial charge in [0.15, 0.2) is 16.4 Å². The number of thiocarbonyl (C=S) groups is 1. The SMILES string of the molecule is COc1ccc(C(=O)NC(=S)Nc2ccc3oc(-c4c(-c5ccccc5)cnc5ccccc45)nc3c2)cc1[N+](=O)[O-]. The van der Waals surface area contributed by atoms with Crippen LogP contribution in [0.3, 0.4) is 0 Å². The van der Waals surface area contributed by atoms with Crippen molar-refractivity contribution in [3.63, 3.8) is 0 Å². The number of pyridine rings is 1. The van der Waals surface area contributed by atoms with Crippen LogP contribution in [0.5, 0.6) is 5.75 Å². The van der Waals surface area contributed by atoms with Gasteiger partial charge < -0.3 is 14.5 Å². The quantitative estimate of drug-likeness (QED) is 0.126. The molecule has 0 bridgehead atoms. The number of fused-ring (bicyclic) bond motifs is 2. The molecule has 0 unspecified atom stereocenters. The molecule has 6 aromatic rings. The van der Waals surface area contributed by atoms with Crippen molar-refractivity contribution in [2.75, 3.05) is 12.4 Å². The molecule has 0 saturated heterocycles. The maximum atomic E-state index is 12.7. The van der Waals surface area contributed by atoms with Crippen molar-refractivity contribution in [1.82, 2.24) is 15.3 Å². The van der Waals surface area contributed by atoms with Crippen LogP contribution in [0.1, 0.15) is 10.4 Å². The minimum Gasteiger partial charge on any atom is -0.490 e. The molecule has 11 heteroatoms. The van der Waals surface area contributed by atoms with Crippen molar-refractivity contribution in [3.05, 3.63) is 113 Å². The van der Waals surface area contributed by atoms with Gasteiger partial charge in [-0.15, -0.1) is 0 Å². The van der Waals surface area contributed by atoms with Crippen LogP contribution in [0.4, 0.5) is 11.4 Å². The Bertz CT molecular complexity index is 2010. The van der Waals surface area contributed by atoms with Gasteiger partial charge >= 0.3 is 5.69 Å². The van der Waals surface area contributed by atoms with E-state index in [9.17, 15) is 14.9 Å². The third kappa shape index (κ3) is 5.11. The van der Waals surface area contributed by atoms with Gasteiger partial charge in [-0.25, -0.2) is 4.98 Å².